The van der Waals surface area contributed by atoms with Gasteiger partial charge < -0.3 is 0 Å². The molecule has 5 rings (SSSR count). The number of aryl methyl sites for hydroxylation is 1. The van der Waals surface area contributed by atoms with Crippen molar-refractivity contribution >= 4 is 23.3 Å². The fourth-order valence-corrected chi connectivity index (χ4v) is 4.41. The fourth-order valence-electron chi connectivity index (χ4n) is 4.41. The third-order valence-corrected chi connectivity index (χ3v) is 6.25. The van der Waals surface area contributed by atoms with E-state index in [-0.39, 0.29) is 0 Å². The van der Waals surface area contributed by atoms with E-state index >= 15 is 0 Å². The van der Waals surface area contributed by atoms with Gasteiger partial charge in [-0.1, -0.05) is 140 Å². The number of benzene rings is 5. The van der Waals surface area contributed by atoms with Crippen LogP contribution in [-0.2, 0) is 0 Å². The second-order valence-electron chi connectivity index (χ2n) is 8.70. The van der Waals surface area contributed by atoms with Crippen LogP contribution in [0.1, 0.15) is 27.8 Å². The lowest BCUT2D eigenvalue weighted by Gasteiger charge is -2.15. The molecule has 0 aliphatic rings. The summed E-state index contributed by atoms with van der Waals surface area (Å²) < 4.78 is 0. The molecular weight excluding hydrogens is 420 g/mol. The van der Waals surface area contributed by atoms with Crippen molar-refractivity contribution in [3.63, 3.8) is 0 Å². The van der Waals surface area contributed by atoms with Crippen molar-refractivity contribution < 1.29 is 0 Å². The lowest BCUT2D eigenvalue weighted by Crippen LogP contribution is -1.92. The summed E-state index contributed by atoms with van der Waals surface area (Å²) in [6.07, 6.45) is 4.59. The standard InChI is InChI=1S/C35H28/c1-27-13-11-12-20-33(27)32-23-21-29(22-24-32)26-35(31-18-9-4-10-19-31)34(30-16-7-3-8-17-30)25-28-14-5-2-6-15-28/h2-26H,1H3. The second-order valence-corrected chi connectivity index (χ2v) is 8.70. The quantitative estimate of drug-likeness (QED) is 0.179. The Labute approximate surface area is 208 Å². The van der Waals surface area contributed by atoms with Gasteiger partial charge in [-0.15, -0.1) is 0 Å². The molecule has 0 saturated carbocycles. The maximum absolute atomic E-state index is 2.30. The molecular formula is C35H28. The van der Waals surface area contributed by atoms with Crippen LogP contribution in [0.15, 0.2) is 140 Å². The van der Waals surface area contributed by atoms with Crippen LogP contribution in [-0.4, -0.2) is 0 Å². The highest BCUT2D eigenvalue weighted by molar-refractivity contribution is 6.15. The van der Waals surface area contributed by atoms with Gasteiger partial charge in [-0.3, -0.25) is 0 Å². The molecule has 0 bridgehead atoms. The molecule has 0 spiro atoms. The summed E-state index contributed by atoms with van der Waals surface area (Å²) >= 11 is 0. The van der Waals surface area contributed by atoms with E-state index in [2.05, 4.69) is 159 Å². The van der Waals surface area contributed by atoms with E-state index in [1.54, 1.807) is 0 Å². The predicted octanol–water partition coefficient (Wildman–Crippen LogP) is 9.44. The van der Waals surface area contributed by atoms with Gasteiger partial charge in [-0.2, -0.15) is 0 Å². The van der Waals surface area contributed by atoms with Crippen molar-refractivity contribution in [2.45, 2.75) is 6.92 Å². The van der Waals surface area contributed by atoms with Crippen LogP contribution in [0.4, 0.5) is 0 Å². The SMILES string of the molecule is Cc1ccccc1-c1ccc(C=C(C(=Cc2ccccc2)c2ccccc2)c2ccccc2)cc1. The zero-order chi connectivity index (χ0) is 23.9. The molecule has 0 aliphatic carbocycles. The van der Waals surface area contributed by atoms with Crippen LogP contribution >= 0.6 is 0 Å². The third-order valence-electron chi connectivity index (χ3n) is 6.25. The van der Waals surface area contributed by atoms with Crippen LogP contribution in [0.5, 0.6) is 0 Å². The van der Waals surface area contributed by atoms with Gasteiger partial charge in [0.25, 0.3) is 0 Å². The van der Waals surface area contributed by atoms with E-state index in [1.807, 2.05) is 0 Å². The maximum atomic E-state index is 2.30. The first-order chi connectivity index (χ1) is 17.3. The first-order valence-electron chi connectivity index (χ1n) is 12.0. The van der Waals surface area contributed by atoms with E-state index in [9.17, 15) is 0 Å². The summed E-state index contributed by atoms with van der Waals surface area (Å²) in [5, 5.41) is 0. The van der Waals surface area contributed by atoms with Gasteiger partial charge in [0.05, 0.1) is 0 Å². The first kappa shape index (κ1) is 22.4. The molecule has 0 atom stereocenters. The highest BCUT2D eigenvalue weighted by Crippen LogP contribution is 2.35. The average Bonchev–Trinajstić information content (AvgIpc) is 2.93. The normalized spacial score (nSPS) is 11.9. The molecule has 0 aliphatic heterocycles. The van der Waals surface area contributed by atoms with Gasteiger partial charge in [0.1, 0.15) is 0 Å². The van der Waals surface area contributed by atoms with Crippen LogP contribution in [0.25, 0.3) is 34.4 Å². The van der Waals surface area contributed by atoms with E-state index < -0.39 is 0 Å². The Balaban J connectivity index is 1.64. The zero-order valence-corrected chi connectivity index (χ0v) is 19.9. The molecule has 0 radical (unpaired) electrons. The lowest BCUT2D eigenvalue weighted by atomic mass is 9.89. The molecule has 168 valence electrons. The second kappa shape index (κ2) is 10.7. The van der Waals surface area contributed by atoms with Gasteiger partial charge in [-0.05, 0) is 69.2 Å². The molecule has 0 saturated heterocycles. The van der Waals surface area contributed by atoms with Gasteiger partial charge in [-0.25, -0.2) is 0 Å². The average molecular weight is 449 g/mol. The first-order valence-corrected chi connectivity index (χ1v) is 12.0. The topological polar surface area (TPSA) is 0 Å². The minimum absolute atomic E-state index is 1.18. The van der Waals surface area contributed by atoms with E-state index in [4.69, 9.17) is 0 Å². The summed E-state index contributed by atoms with van der Waals surface area (Å²) in [7, 11) is 0. The minimum Gasteiger partial charge on any atom is -0.0622 e. The number of hydrogen-bond acceptors (Lipinski definition) is 0. The Morgan fingerprint density at radius 2 is 0.857 bits per heavy atom. The van der Waals surface area contributed by atoms with E-state index in [0.29, 0.717) is 0 Å². The van der Waals surface area contributed by atoms with Crippen molar-refractivity contribution in [2.75, 3.05) is 0 Å². The predicted molar refractivity (Wildman–Crippen MR) is 152 cm³/mol. The lowest BCUT2D eigenvalue weighted by molar-refractivity contribution is 1.46. The highest BCUT2D eigenvalue weighted by Gasteiger charge is 2.12. The molecule has 0 nitrogen and oxygen atoms in total. The monoisotopic (exact) mass is 448 g/mol. The Kier molecular flexibility index (Phi) is 6.82. The van der Waals surface area contributed by atoms with Crippen molar-refractivity contribution in [3.8, 4) is 11.1 Å². The molecule has 0 heterocycles. The van der Waals surface area contributed by atoms with Crippen molar-refractivity contribution in [3.05, 3.63) is 167 Å². The van der Waals surface area contributed by atoms with Gasteiger partial charge in [0.15, 0.2) is 0 Å². The van der Waals surface area contributed by atoms with E-state index in [1.165, 1.54) is 50.1 Å². The summed E-state index contributed by atoms with van der Waals surface area (Å²) in [6, 6.07) is 49.3. The van der Waals surface area contributed by atoms with Crippen LogP contribution in [0.2, 0.25) is 0 Å². The minimum atomic E-state index is 1.18. The number of allylic oxidation sites excluding steroid dienone is 2. The zero-order valence-electron chi connectivity index (χ0n) is 19.9. The molecule has 0 unspecified atom stereocenters. The molecule has 0 fully saturated rings. The third kappa shape index (κ3) is 5.39. The van der Waals surface area contributed by atoms with Crippen molar-refractivity contribution in [2.24, 2.45) is 0 Å². The van der Waals surface area contributed by atoms with Gasteiger partial charge >= 0.3 is 0 Å². The molecule has 35 heavy (non-hydrogen) atoms. The molecule has 0 aromatic heterocycles. The largest absolute Gasteiger partial charge is 0.0622 e. The van der Waals surface area contributed by atoms with Crippen molar-refractivity contribution in [1.82, 2.24) is 0 Å². The molecule has 0 amide bonds. The smallest absolute Gasteiger partial charge is 0.00992 e. The van der Waals surface area contributed by atoms with Crippen molar-refractivity contribution in [1.29, 1.82) is 0 Å². The van der Waals surface area contributed by atoms with Crippen LogP contribution in [0.3, 0.4) is 0 Å². The van der Waals surface area contributed by atoms with Crippen LogP contribution < -0.4 is 0 Å². The number of rotatable bonds is 6. The van der Waals surface area contributed by atoms with Gasteiger partial charge in [0.2, 0.25) is 0 Å². The fraction of sp³-hybridized carbons (Fsp3) is 0.0286. The Bertz CT molecular complexity index is 1440. The van der Waals surface area contributed by atoms with Gasteiger partial charge in [0, 0.05) is 0 Å². The Morgan fingerprint density at radius 3 is 1.37 bits per heavy atom. The highest BCUT2D eigenvalue weighted by atomic mass is 14.2. The van der Waals surface area contributed by atoms with E-state index in [0.717, 1.165) is 0 Å². The summed E-state index contributed by atoms with van der Waals surface area (Å²) in [5.74, 6) is 0. The summed E-state index contributed by atoms with van der Waals surface area (Å²) in [5.41, 5.74) is 11.0. The molecule has 0 heteroatoms. The summed E-state index contributed by atoms with van der Waals surface area (Å²) in [6.45, 7) is 2.16. The molecule has 5 aromatic carbocycles. The Morgan fingerprint density at radius 1 is 0.429 bits per heavy atom. The molecule has 0 N–H and O–H groups in total. The maximum Gasteiger partial charge on any atom is -0.00992 e. The molecule has 5 aromatic rings. The number of hydrogen-bond donors (Lipinski definition) is 0. The summed E-state index contributed by atoms with van der Waals surface area (Å²) in [4.78, 5) is 0. The van der Waals surface area contributed by atoms with Crippen LogP contribution in [0, 0.1) is 6.92 Å². The Hall–Kier alpha value is -4.42.